The number of halogens is 1. The first-order chi connectivity index (χ1) is 10.5. The number of carboxylic acid groups (broad SMARTS) is 1. The summed E-state index contributed by atoms with van der Waals surface area (Å²) in [6, 6.07) is 3.27. The zero-order valence-corrected chi connectivity index (χ0v) is 14.8. The summed E-state index contributed by atoms with van der Waals surface area (Å²) in [5.74, 6) is 0.473. The van der Waals surface area contributed by atoms with Gasteiger partial charge in [-0.2, -0.15) is 0 Å². The molecule has 1 amide bonds. The van der Waals surface area contributed by atoms with Crippen LogP contribution < -0.4 is 14.8 Å². The molecule has 0 spiro atoms. The summed E-state index contributed by atoms with van der Waals surface area (Å²) >= 11 is 4.61. The molecule has 1 aromatic rings. The van der Waals surface area contributed by atoms with Crippen molar-refractivity contribution in [3.8, 4) is 11.5 Å². The topological polar surface area (TPSA) is 84.9 Å². The summed E-state index contributed by atoms with van der Waals surface area (Å²) in [5.41, 5.74) is 0.440. The molecule has 22 heavy (non-hydrogen) atoms. The van der Waals surface area contributed by atoms with Gasteiger partial charge >= 0.3 is 5.97 Å². The molecule has 0 saturated heterocycles. The number of carbonyl (C=O) groups excluding carboxylic acids is 1. The number of carbonyl (C=O) groups is 2. The number of carboxylic acids is 1. The van der Waals surface area contributed by atoms with Gasteiger partial charge in [-0.25, -0.2) is 0 Å². The Kier molecular flexibility index (Phi) is 8.11. The van der Waals surface area contributed by atoms with E-state index in [4.69, 9.17) is 14.6 Å². The Hall–Kier alpha value is -1.41. The molecule has 0 aliphatic rings. The maximum atomic E-state index is 12.1. The van der Waals surface area contributed by atoms with Gasteiger partial charge in [-0.15, -0.1) is 11.8 Å². The molecule has 2 N–H and O–H groups in total. The molecule has 0 atom stereocenters. The molecule has 0 radical (unpaired) electrons. The highest BCUT2D eigenvalue weighted by Crippen LogP contribution is 2.36. The minimum Gasteiger partial charge on any atom is -0.493 e. The highest BCUT2D eigenvalue weighted by molar-refractivity contribution is 9.10. The van der Waals surface area contributed by atoms with Crippen LogP contribution in [0.15, 0.2) is 16.6 Å². The maximum Gasteiger partial charge on any atom is 0.313 e. The molecule has 8 heteroatoms. The molecule has 1 rings (SSSR count). The van der Waals surface area contributed by atoms with Gasteiger partial charge in [0.05, 0.1) is 23.9 Å². The lowest BCUT2D eigenvalue weighted by Gasteiger charge is -2.13. The molecule has 0 aromatic heterocycles. The molecule has 0 heterocycles. The van der Waals surface area contributed by atoms with Crippen molar-refractivity contribution in [2.24, 2.45) is 0 Å². The number of nitrogens with one attached hydrogen (secondary N) is 1. The fourth-order valence-electron chi connectivity index (χ4n) is 1.63. The first-order valence-electron chi connectivity index (χ1n) is 6.57. The second-order valence-electron chi connectivity index (χ2n) is 4.12. The van der Waals surface area contributed by atoms with Crippen LogP contribution in [0.3, 0.4) is 0 Å². The van der Waals surface area contributed by atoms with Crippen molar-refractivity contribution in [1.82, 2.24) is 5.32 Å². The van der Waals surface area contributed by atoms with Crippen LogP contribution in [0.2, 0.25) is 0 Å². The van der Waals surface area contributed by atoms with Crippen LogP contribution in [0.1, 0.15) is 17.3 Å². The van der Waals surface area contributed by atoms with E-state index in [2.05, 4.69) is 21.2 Å². The van der Waals surface area contributed by atoms with Gasteiger partial charge in [0.1, 0.15) is 0 Å². The van der Waals surface area contributed by atoms with Gasteiger partial charge in [0.2, 0.25) is 0 Å². The Bertz CT molecular complexity index is 538. The Balaban J connectivity index is 2.65. The van der Waals surface area contributed by atoms with E-state index in [1.807, 2.05) is 6.92 Å². The Labute approximate surface area is 141 Å². The van der Waals surface area contributed by atoms with Crippen LogP contribution in [0.4, 0.5) is 0 Å². The molecular weight excluding hydrogens is 374 g/mol. The van der Waals surface area contributed by atoms with Crippen LogP contribution in [-0.2, 0) is 4.79 Å². The van der Waals surface area contributed by atoms with Crippen LogP contribution in [0.5, 0.6) is 11.5 Å². The quantitative estimate of drug-likeness (QED) is 0.628. The summed E-state index contributed by atoms with van der Waals surface area (Å²) < 4.78 is 11.3. The van der Waals surface area contributed by atoms with E-state index in [0.717, 1.165) is 0 Å². The van der Waals surface area contributed by atoms with Gasteiger partial charge in [-0.05, 0) is 35.0 Å². The van der Waals surface area contributed by atoms with Crippen molar-refractivity contribution in [2.75, 3.05) is 31.8 Å². The SMILES string of the molecule is CCOc1c(Br)cc(C(=O)NCCSCC(=O)O)cc1OC. The van der Waals surface area contributed by atoms with E-state index < -0.39 is 5.97 Å². The molecule has 6 nitrogen and oxygen atoms in total. The van der Waals surface area contributed by atoms with Crippen molar-refractivity contribution in [1.29, 1.82) is 0 Å². The minimum absolute atomic E-state index is 0.0261. The molecule has 0 saturated carbocycles. The largest absolute Gasteiger partial charge is 0.493 e. The van der Waals surface area contributed by atoms with Crippen molar-refractivity contribution >= 4 is 39.6 Å². The molecule has 0 aliphatic heterocycles. The molecule has 0 unspecified atom stereocenters. The number of benzene rings is 1. The third-order valence-corrected chi connectivity index (χ3v) is 4.07. The summed E-state index contributed by atoms with van der Waals surface area (Å²) in [4.78, 5) is 22.4. The first-order valence-corrected chi connectivity index (χ1v) is 8.52. The van der Waals surface area contributed by atoms with Crippen molar-refractivity contribution < 1.29 is 24.2 Å². The zero-order valence-electron chi connectivity index (χ0n) is 12.3. The smallest absolute Gasteiger partial charge is 0.313 e. The monoisotopic (exact) mass is 391 g/mol. The third kappa shape index (κ3) is 5.76. The van der Waals surface area contributed by atoms with E-state index in [1.165, 1.54) is 18.9 Å². The molecule has 122 valence electrons. The minimum atomic E-state index is -0.864. The van der Waals surface area contributed by atoms with E-state index in [0.29, 0.717) is 40.4 Å². The number of amides is 1. The van der Waals surface area contributed by atoms with Crippen molar-refractivity contribution in [3.05, 3.63) is 22.2 Å². The maximum absolute atomic E-state index is 12.1. The Morgan fingerprint density at radius 2 is 2.14 bits per heavy atom. The van der Waals surface area contributed by atoms with Gasteiger partial charge in [-0.3, -0.25) is 9.59 Å². The summed E-state index contributed by atoms with van der Waals surface area (Å²) in [5, 5.41) is 11.3. The second kappa shape index (κ2) is 9.58. The number of aliphatic carboxylic acids is 1. The standard InChI is InChI=1S/C14H18BrNO5S/c1-3-21-13-10(15)6-9(7-11(13)20-2)14(19)16-4-5-22-8-12(17)18/h6-7H,3-5,8H2,1-2H3,(H,16,19)(H,17,18). The number of methoxy groups -OCH3 is 1. The second-order valence-corrected chi connectivity index (χ2v) is 6.08. The predicted molar refractivity (Wildman–Crippen MR) is 89.2 cm³/mol. The van der Waals surface area contributed by atoms with Gasteiger partial charge in [0.15, 0.2) is 11.5 Å². The van der Waals surface area contributed by atoms with E-state index in [-0.39, 0.29) is 11.7 Å². The van der Waals surface area contributed by atoms with Crippen molar-refractivity contribution in [2.45, 2.75) is 6.92 Å². The Morgan fingerprint density at radius 3 is 2.73 bits per heavy atom. The van der Waals surface area contributed by atoms with Crippen molar-refractivity contribution in [3.63, 3.8) is 0 Å². The molecule has 1 aromatic carbocycles. The number of hydrogen-bond acceptors (Lipinski definition) is 5. The number of thioether (sulfide) groups is 1. The lowest BCUT2D eigenvalue weighted by atomic mass is 10.2. The predicted octanol–water partition coefficient (Wildman–Crippen LogP) is 2.40. The zero-order chi connectivity index (χ0) is 16.5. The third-order valence-electron chi connectivity index (χ3n) is 2.54. The molecule has 0 aliphatic carbocycles. The lowest BCUT2D eigenvalue weighted by Crippen LogP contribution is -2.26. The van der Waals surface area contributed by atoms with E-state index in [9.17, 15) is 9.59 Å². The summed E-state index contributed by atoms with van der Waals surface area (Å²) in [7, 11) is 1.51. The van der Waals surface area contributed by atoms with Crippen LogP contribution >= 0.6 is 27.7 Å². The van der Waals surface area contributed by atoms with Gasteiger partial charge < -0.3 is 19.9 Å². The number of hydrogen-bond donors (Lipinski definition) is 2. The average Bonchev–Trinajstić information content (AvgIpc) is 2.48. The van der Waals surface area contributed by atoms with Crippen LogP contribution in [-0.4, -0.2) is 48.8 Å². The normalized spacial score (nSPS) is 10.1. The van der Waals surface area contributed by atoms with Gasteiger partial charge in [0.25, 0.3) is 5.91 Å². The summed E-state index contributed by atoms with van der Waals surface area (Å²) in [6.07, 6.45) is 0. The highest BCUT2D eigenvalue weighted by atomic mass is 79.9. The van der Waals surface area contributed by atoms with E-state index in [1.54, 1.807) is 12.1 Å². The molecular formula is C14H18BrNO5S. The molecule has 0 fully saturated rings. The van der Waals surface area contributed by atoms with Crippen LogP contribution in [0.25, 0.3) is 0 Å². The number of rotatable bonds is 9. The van der Waals surface area contributed by atoms with Crippen LogP contribution in [0, 0.1) is 0 Å². The van der Waals surface area contributed by atoms with Gasteiger partial charge in [-0.1, -0.05) is 0 Å². The van der Waals surface area contributed by atoms with Gasteiger partial charge in [0, 0.05) is 17.9 Å². The average molecular weight is 392 g/mol. The molecule has 0 bridgehead atoms. The van der Waals surface area contributed by atoms with E-state index >= 15 is 0 Å². The fourth-order valence-corrected chi connectivity index (χ4v) is 2.76. The number of ether oxygens (including phenoxy) is 2. The highest BCUT2D eigenvalue weighted by Gasteiger charge is 2.15. The fraction of sp³-hybridized carbons (Fsp3) is 0.429. The summed E-state index contributed by atoms with van der Waals surface area (Å²) in [6.45, 7) is 2.74. The lowest BCUT2D eigenvalue weighted by molar-refractivity contribution is -0.133. The Morgan fingerprint density at radius 1 is 1.41 bits per heavy atom. The first kappa shape index (κ1) is 18.6.